The second-order valence-corrected chi connectivity index (χ2v) is 10.5. The number of hydrogen-bond acceptors (Lipinski definition) is 6. The predicted molar refractivity (Wildman–Crippen MR) is 120 cm³/mol. The Labute approximate surface area is 185 Å². The molecule has 0 spiro atoms. The van der Waals surface area contributed by atoms with Gasteiger partial charge in [0.25, 0.3) is 5.91 Å². The Bertz CT molecular complexity index is 1000. The molecule has 3 aromatic rings. The zero-order valence-electron chi connectivity index (χ0n) is 15.3. The number of carbonyl (C=O) groups excluding carboxylic acids is 1. The monoisotopic (exact) mass is 499 g/mol. The van der Waals surface area contributed by atoms with Crippen molar-refractivity contribution >= 4 is 71.5 Å². The molecule has 1 fully saturated rings. The van der Waals surface area contributed by atoms with Gasteiger partial charge in [-0.05, 0) is 52.7 Å². The second kappa shape index (κ2) is 8.77. The number of rotatable bonds is 5. The minimum atomic E-state index is -0.0215. The zero-order chi connectivity index (χ0) is 19.7. The quantitative estimate of drug-likeness (QED) is 0.491. The summed E-state index contributed by atoms with van der Waals surface area (Å²) >= 11 is 12.6. The molecule has 1 amide bonds. The number of thiazole rings is 1. The van der Waals surface area contributed by atoms with Crippen molar-refractivity contribution in [2.24, 2.45) is 0 Å². The maximum atomic E-state index is 13.3. The van der Waals surface area contributed by atoms with Crippen LogP contribution < -0.4 is 4.90 Å². The highest BCUT2D eigenvalue weighted by molar-refractivity contribution is 9.11. The normalized spacial score (nSPS) is 15.2. The van der Waals surface area contributed by atoms with Gasteiger partial charge in [0.05, 0.1) is 32.1 Å². The van der Waals surface area contributed by atoms with E-state index >= 15 is 0 Å². The molecule has 3 heterocycles. The lowest BCUT2D eigenvalue weighted by Crippen LogP contribution is -2.43. The van der Waals surface area contributed by atoms with E-state index in [2.05, 4.69) is 20.8 Å². The van der Waals surface area contributed by atoms with Gasteiger partial charge in [-0.3, -0.25) is 14.6 Å². The summed E-state index contributed by atoms with van der Waals surface area (Å²) in [7, 11) is 0. The van der Waals surface area contributed by atoms with Gasteiger partial charge in [0.15, 0.2) is 5.13 Å². The highest BCUT2D eigenvalue weighted by Gasteiger charge is 2.24. The fourth-order valence-electron chi connectivity index (χ4n) is 3.17. The van der Waals surface area contributed by atoms with E-state index in [9.17, 15) is 4.79 Å². The molecule has 5 nitrogen and oxygen atoms in total. The van der Waals surface area contributed by atoms with Crippen LogP contribution in [0.2, 0.25) is 5.02 Å². The summed E-state index contributed by atoms with van der Waals surface area (Å²) in [6, 6.07) is 7.58. The number of amides is 1. The number of fused-ring (bicyclic) bond motifs is 1. The maximum Gasteiger partial charge on any atom is 0.270 e. The lowest BCUT2D eigenvalue weighted by atomic mass is 10.2. The van der Waals surface area contributed by atoms with Crippen molar-refractivity contribution in [2.75, 3.05) is 44.3 Å². The Morgan fingerprint density at radius 2 is 2.11 bits per heavy atom. The van der Waals surface area contributed by atoms with Crippen molar-refractivity contribution in [3.8, 4) is 0 Å². The van der Waals surface area contributed by atoms with Crippen LogP contribution in [0.1, 0.15) is 15.2 Å². The molecule has 148 valence electrons. The molecule has 9 heteroatoms. The van der Waals surface area contributed by atoms with Gasteiger partial charge in [0.1, 0.15) is 0 Å². The van der Waals surface area contributed by atoms with Gasteiger partial charge in [0, 0.05) is 31.2 Å². The van der Waals surface area contributed by atoms with Gasteiger partial charge in [-0.15, -0.1) is 11.3 Å². The number of anilines is 1. The minimum absolute atomic E-state index is 0.0215. The molecule has 0 atom stereocenters. The van der Waals surface area contributed by atoms with Crippen LogP contribution in [0.4, 0.5) is 5.13 Å². The predicted octanol–water partition coefficient (Wildman–Crippen LogP) is 5.06. The Kier molecular flexibility index (Phi) is 6.34. The van der Waals surface area contributed by atoms with Crippen LogP contribution in [0.25, 0.3) is 10.2 Å². The van der Waals surface area contributed by atoms with Crippen molar-refractivity contribution in [2.45, 2.75) is 6.92 Å². The molecule has 2 aromatic heterocycles. The summed E-state index contributed by atoms with van der Waals surface area (Å²) in [5.41, 5.74) is 1.92. The summed E-state index contributed by atoms with van der Waals surface area (Å²) in [6.45, 7) is 6.63. The molecule has 0 radical (unpaired) electrons. The van der Waals surface area contributed by atoms with Crippen LogP contribution in [0.3, 0.4) is 0 Å². The summed E-state index contributed by atoms with van der Waals surface area (Å²) < 4.78 is 7.36. The smallest absolute Gasteiger partial charge is 0.270 e. The Morgan fingerprint density at radius 3 is 2.82 bits per heavy atom. The van der Waals surface area contributed by atoms with Crippen LogP contribution in [0.5, 0.6) is 0 Å². The SMILES string of the molecule is Cc1cc(Cl)cc2sc(N(CCN3CCOCC3)C(=O)c3ccc(Br)s3)nc12. The van der Waals surface area contributed by atoms with Crippen LogP contribution in [0, 0.1) is 6.92 Å². The third kappa shape index (κ3) is 4.42. The molecule has 28 heavy (non-hydrogen) atoms. The molecule has 0 unspecified atom stereocenters. The number of ether oxygens (including phenoxy) is 1. The first-order valence-electron chi connectivity index (χ1n) is 8.95. The molecular weight excluding hydrogens is 482 g/mol. The number of benzene rings is 1. The third-order valence-electron chi connectivity index (χ3n) is 4.64. The highest BCUT2D eigenvalue weighted by Crippen LogP contribution is 2.34. The number of carbonyl (C=O) groups is 1. The second-order valence-electron chi connectivity index (χ2n) is 6.58. The van der Waals surface area contributed by atoms with Gasteiger partial charge in [-0.25, -0.2) is 4.98 Å². The van der Waals surface area contributed by atoms with Gasteiger partial charge in [-0.1, -0.05) is 22.9 Å². The Balaban J connectivity index is 1.65. The van der Waals surface area contributed by atoms with Crippen LogP contribution in [0.15, 0.2) is 28.1 Å². The first-order valence-corrected chi connectivity index (χ1v) is 11.8. The Hall–Kier alpha value is -1.03. The zero-order valence-corrected chi connectivity index (χ0v) is 19.3. The minimum Gasteiger partial charge on any atom is -0.379 e. The van der Waals surface area contributed by atoms with Crippen molar-refractivity contribution in [1.82, 2.24) is 9.88 Å². The summed E-state index contributed by atoms with van der Waals surface area (Å²) in [4.78, 5) is 22.9. The lowest BCUT2D eigenvalue weighted by Gasteiger charge is -2.29. The largest absolute Gasteiger partial charge is 0.379 e. The fraction of sp³-hybridized carbons (Fsp3) is 0.368. The fourth-order valence-corrected chi connectivity index (χ4v) is 5.95. The van der Waals surface area contributed by atoms with Gasteiger partial charge >= 0.3 is 0 Å². The van der Waals surface area contributed by atoms with Gasteiger partial charge in [-0.2, -0.15) is 0 Å². The van der Waals surface area contributed by atoms with E-state index in [-0.39, 0.29) is 5.91 Å². The number of hydrogen-bond donors (Lipinski definition) is 0. The number of aromatic nitrogens is 1. The van der Waals surface area contributed by atoms with Crippen molar-refractivity contribution < 1.29 is 9.53 Å². The number of nitrogens with zero attached hydrogens (tertiary/aromatic N) is 3. The summed E-state index contributed by atoms with van der Waals surface area (Å²) in [6.07, 6.45) is 0. The maximum absolute atomic E-state index is 13.3. The first kappa shape index (κ1) is 20.3. The molecule has 1 saturated heterocycles. The van der Waals surface area contributed by atoms with E-state index in [0.29, 0.717) is 21.6 Å². The summed E-state index contributed by atoms with van der Waals surface area (Å²) in [5.74, 6) is -0.0215. The van der Waals surface area contributed by atoms with E-state index in [1.54, 1.807) is 4.90 Å². The van der Waals surface area contributed by atoms with Crippen molar-refractivity contribution in [1.29, 1.82) is 0 Å². The molecule has 1 aromatic carbocycles. The van der Waals surface area contributed by atoms with Gasteiger partial charge in [0.2, 0.25) is 0 Å². The van der Waals surface area contributed by atoms with E-state index in [0.717, 1.165) is 52.4 Å². The number of halogens is 2. The van der Waals surface area contributed by atoms with Crippen LogP contribution in [-0.4, -0.2) is 55.2 Å². The molecule has 1 aliphatic rings. The van der Waals surface area contributed by atoms with Crippen LogP contribution in [-0.2, 0) is 4.74 Å². The van der Waals surface area contributed by atoms with E-state index < -0.39 is 0 Å². The molecular formula is C19H19BrClN3O2S2. The topological polar surface area (TPSA) is 45.7 Å². The Morgan fingerprint density at radius 1 is 1.32 bits per heavy atom. The van der Waals surface area contributed by atoms with E-state index in [4.69, 9.17) is 21.3 Å². The highest BCUT2D eigenvalue weighted by atomic mass is 79.9. The molecule has 0 aliphatic carbocycles. The number of aryl methyl sites for hydroxylation is 1. The third-order valence-corrected chi connectivity index (χ3v) is 7.50. The number of morpholine rings is 1. The molecule has 0 saturated carbocycles. The van der Waals surface area contributed by atoms with Crippen molar-refractivity contribution in [3.05, 3.63) is 43.5 Å². The van der Waals surface area contributed by atoms with E-state index in [1.165, 1.54) is 22.7 Å². The number of thiophene rings is 1. The first-order chi connectivity index (χ1) is 13.5. The molecule has 4 rings (SSSR count). The van der Waals surface area contributed by atoms with E-state index in [1.807, 2.05) is 31.2 Å². The lowest BCUT2D eigenvalue weighted by molar-refractivity contribution is 0.0391. The molecule has 0 bridgehead atoms. The average molecular weight is 501 g/mol. The average Bonchev–Trinajstić information content (AvgIpc) is 3.29. The van der Waals surface area contributed by atoms with Crippen LogP contribution >= 0.6 is 50.2 Å². The van der Waals surface area contributed by atoms with Gasteiger partial charge < -0.3 is 4.74 Å². The molecule has 0 N–H and O–H groups in total. The summed E-state index contributed by atoms with van der Waals surface area (Å²) in [5, 5.41) is 1.40. The van der Waals surface area contributed by atoms with Crippen molar-refractivity contribution in [3.63, 3.8) is 0 Å². The standard InChI is InChI=1S/C19H19BrClN3O2S2/c1-12-10-13(21)11-15-17(12)22-19(28-15)24(5-4-23-6-8-26-9-7-23)18(25)14-2-3-16(20)27-14/h2-3,10-11H,4-9H2,1H3. The molecule has 1 aliphatic heterocycles.